The van der Waals surface area contributed by atoms with Crippen molar-refractivity contribution >= 4 is 11.7 Å². The monoisotopic (exact) mass is 325 g/mol. The Labute approximate surface area is 136 Å². The van der Waals surface area contributed by atoms with E-state index in [1.165, 1.54) is 32.6 Å². The molecule has 0 aromatic heterocycles. The van der Waals surface area contributed by atoms with Gasteiger partial charge in [0.15, 0.2) is 5.78 Å². The first-order valence-electron chi connectivity index (χ1n) is 8.50. The molecule has 0 unspecified atom stereocenters. The van der Waals surface area contributed by atoms with E-state index in [1.54, 1.807) is 6.08 Å². The second kappa shape index (κ2) is 7.55. The zero-order chi connectivity index (χ0) is 17.0. The Hall–Kier alpha value is -1.24. The largest absolute Gasteiger partial charge is 0.387 e. The fourth-order valence-electron chi connectivity index (χ4n) is 2.97. The van der Waals surface area contributed by atoms with E-state index < -0.39 is 29.4 Å². The molecule has 0 aromatic carbocycles. The Morgan fingerprint density at radius 1 is 1.35 bits per heavy atom. The molecule has 2 aliphatic heterocycles. The van der Waals surface area contributed by atoms with Gasteiger partial charge in [-0.2, -0.15) is 0 Å². The highest BCUT2D eigenvalue weighted by Crippen LogP contribution is 2.29. The SMILES string of the molecule is CCCCCCC[C@@H]1O[C@H]1/C=C/C(=O)[C@@]1(O)C(=O)N[C@@H](C)[C@@H]1O. The first kappa shape index (κ1) is 18.1. The number of aliphatic hydroxyl groups is 2. The number of amides is 1. The second-order valence-electron chi connectivity index (χ2n) is 6.54. The van der Waals surface area contributed by atoms with Gasteiger partial charge in [0.1, 0.15) is 12.2 Å². The van der Waals surface area contributed by atoms with E-state index in [9.17, 15) is 19.8 Å². The highest BCUT2D eigenvalue weighted by atomic mass is 16.6. The molecule has 5 atom stereocenters. The summed E-state index contributed by atoms with van der Waals surface area (Å²) in [5.41, 5.74) is -2.39. The van der Waals surface area contributed by atoms with Gasteiger partial charge in [-0.05, 0) is 25.5 Å². The number of unbranched alkanes of at least 4 members (excludes halogenated alkanes) is 4. The molecule has 2 fully saturated rings. The number of epoxide rings is 1. The number of ketones is 1. The van der Waals surface area contributed by atoms with Crippen LogP contribution in [0.25, 0.3) is 0 Å². The van der Waals surface area contributed by atoms with Crippen molar-refractivity contribution < 1.29 is 24.5 Å². The van der Waals surface area contributed by atoms with Gasteiger partial charge in [-0.3, -0.25) is 9.59 Å². The van der Waals surface area contributed by atoms with Crippen molar-refractivity contribution in [2.24, 2.45) is 0 Å². The number of rotatable bonds is 9. The molecule has 0 radical (unpaired) electrons. The fraction of sp³-hybridized carbons (Fsp3) is 0.765. The molecule has 0 saturated carbocycles. The minimum atomic E-state index is -2.39. The van der Waals surface area contributed by atoms with Crippen molar-refractivity contribution in [3.63, 3.8) is 0 Å². The summed E-state index contributed by atoms with van der Waals surface area (Å²) in [7, 11) is 0. The van der Waals surface area contributed by atoms with Crippen LogP contribution >= 0.6 is 0 Å². The normalized spacial score (nSPS) is 36.4. The van der Waals surface area contributed by atoms with Crippen LogP contribution in [0.2, 0.25) is 0 Å². The first-order valence-corrected chi connectivity index (χ1v) is 8.50. The lowest BCUT2D eigenvalue weighted by Gasteiger charge is -2.20. The Morgan fingerprint density at radius 3 is 2.65 bits per heavy atom. The molecule has 2 saturated heterocycles. The van der Waals surface area contributed by atoms with Crippen LogP contribution in [0.5, 0.6) is 0 Å². The van der Waals surface area contributed by atoms with Gasteiger partial charge in [0.2, 0.25) is 5.60 Å². The topological polar surface area (TPSA) is 99.2 Å². The average Bonchev–Trinajstić information content (AvgIpc) is 3.24. The smallest absolute Gasteiger partial charge is 0.263 e. The molecule has 6 nitrogen and oxygen atoms in total. The summed E-state index contributed by atoms with van der Waals surface area (Å²) in [5, 5.41) is 22.4. The minimum Gasteiger partial charge on any atom is -0.387 e. The van der Waals surface area contributed by atoms with Crippen molar-refractivity contribution in [3.8, 4) is 0 Å². The van der Waals surface area contributed by atoms with E-state index >= 15 is 0 Å². The molecule has 23 heavy (non-hydrogen) atoms. The summed E-state index contributed by atoms with van der Waals surface area (Å²) in [6.45, 7) is 3.72. The van der Waals surface area contributed by atoms with Crippen molar-refractivity contribution in [1.82, 2.24) is 5.32 Å². The average molecular weight is 325 g/mol. The van der Waals surface area contributed by atoms with Gasteiger partial charge < -0.3 is 20.3 Å². The Kier molecular flexibility index (Phi) is 5.95. The molecule has 0 spiro atoms. The summed E-state index contributed by atoms with van der Waals surface area (Å²) in [6.07, 6.45) is 8.23. The van der Waals surface area contributed by atoms with Crippen LogP contribution in [0.3, 0.4) is 0 Å². The third-order valence-corrected chi connectivity index (χ3v) is 4.63. The number of aliphatic hydroxyl groups excluding tert-OH is 1. The van der Waals surface area contributed by atoms with Crippen LogP contribution in [0.4, 0.5) is 0 Å². The molecule has 0 bridgehead atoms. The lowest BCUT2D eigenvalue weighted by atomic mass is 9.91. The predicted octanol–water partition coefficient (Wildman–Crippen LogP) is 0.850. The minimum absolute atomic E-state index is 0.122. The van der Waals surface area contributed by atoms with E-state index in [-0.39, 0.29) is 12.2 Å². The van der Waals surface area contributed by atoms with Gasteiger partial charge in [-0.25, -0.2) is 0 Å². The van der Waals surface area contributed by atoms with Gasteiger partial charge >= 0.3 is 0 Å². The van der Waals surface area contributed by atoms with E-state index in [1.807, 2.05) is 0 Å². The second-order valence-corrected chi connectivity index (χ2v) is 6.54. The van der Waals surface area contributed by atoms with Gasteiger partial charge in [0.05, 0.1) is 12.1 Å². The Morgan fingerprint density at radius 2 is 2.04 bits per heavy atom. The van der Waals surface area contributed by atoms with Gasteiger partial charge in [-0.1, -0.05) is 39.0 Å². The van der Waals surface area contributed by atoms with E-state index in [0.29, 0.717) is 0 Å². The van der Waals surface area contributed by atoms with E-state index in [4.69, 9.17) is 4.74 Å². The predicted molar refractivity (Wildman–Crippen MR) is 84.7 cm³/mol. The number of hydrogen-bond acceptors (Lipinski definition) is 5. The summed E-state index contributed by atoms with van der Waals surface area (Å²) in [6, 6.07) is -0.655. The molecule has 2 rings (SSSR count). The van der Waals surface area contributed by atoms with Crippen LogP contribution in [-0.4, -0.2) is 51.9 Å². The van der Waals surface area contributed by atoms with Crippen molar-refractivity contribution in [2.75, 3.05) is 0 Å². The molecule has 3 N–H and O–H groups in total. The summed E-state index contributed by atoms with van der Waals surface area (Å²) >= 11 is 0. The number of carbonyl (C=O) groups is 2. The lowest BCUT2D eigenvalue weighted by Crippen LogP contribution is -2.52. The van der Waals surface area contributed by atoms with Crippen LogP contribution in [-0.2, 0) is 14.3 Å². The van der Waals surface area contributed by atoms with E-state index in [2.05, 4.69) is 12.2 Å². The zero-order valence-corrected chi connectivity index (χ0v) is 13.8. The van der Waals surface area contributed by atoms with Crippen molar-refractivity contribution in [3.05, 3.63) is 12.2 Å². The van der Waals surface area contributed by atoms with Gasteiger partial charge in [0, 0.05) is 0 Å². The van der Waals surface area contributed by atoms with Gasteiger partial charge in [0.25, 0.3) is 5.91 Å². The maximum Gasteiger partial charge on any atom is 0.263 e. The first-order chi connectivity index (χ1) is 10.9. The van der Waals surface area contributed by atoms with Crippen LogP contribution < -0.4 is 5.32 Å². The third kappa shape index (κ3) is 4.00. The quantitative estimate of drug-likeness (QED) is 0.253. The Bertz CT molecular complexity index is 478. The summed E-state index contributed by atoms with van der Waals surface area (Å²) in [5.74, 6) is -1.65. The fourth-order valence-corrected chi connectivity index (χ4v) is 2.97. The van der Waals surface area contributed by atoms with Gasteiger partial charge in [-0.15, -0.1) is 0 Å². The summed E-state index contributed by atoms with van der Waals surface area (Å²) in [4.78, 5) is 23.8. The molecule has 2 aliphatic rings. The zero-order valence-electron chi connectivity index (χ0n) is 13.8. The number of carbonyl (C=O) groups excluding carboxylic acids is 2. The third-order valence-electron chi connectivity index (χ3n) is 4.63. The molecular formula is C17H27NO5. The molecule has 0 aliphatic carbocycles. The molecule has 0 aromatic rings. The molecule has 130 valence electrons. The maximum atomic E-state index is 12.1. The van der Waals surface area contributed by atoms with E-state index in [0.717, 1.165) is 18.9 Å². The van der Waals surface area contributed by atoms with Crippen LogP contribution in [0, 0.1) is 0 Å². The standard InChI is InChI=1S/C17H27NO5/c1-3-4-5-6-7-8-12-13(23-12)9-10-14(19)17(22)15(20)11(2)18-16(17)21/h9-13,15,20,22H,3-8H2,1-2H3,(H,18,21)/b10-9+/t11-,12-,13-,15-,17-/m0/s1. The van der Waals surface area contributed by atoms with Crippen molar-refractivity contribution in [2.45, 2.75) is 82.3 Å². The number of ether oxygens (including phenoxy) is 1. The lowest BCUT2D eigenvalue weighted by molar-refractivity contribution is -0.153. The van der Waals surface area contributed by atoms with Crippen molar-refractivity contribution in [1.29, 1.82) is 0 Å². The summed E-state index contributed by atoms with van der Waals surface area (Å²) < 4.78 is 5.46. The molecular weight excluding hydrogens is 298 g/mol. The number of nitrogens with one attached hydrogen (secondary N) is 1. The Balaban J connectivity index is 1.76. The van der Waals surface area contributed by atoms with Crippen LogP contribution in [0.15, 0.2) is 12.2 Å². The molecule has 6 heteroatoms. The number of hydrogen-bond donors (Lipinski definition) is 3. The highest BCUT2D eigenvalue weighted by Gasteiger charge is 2.56. The maximum absolute atomic E-state index is 12.1. The van der Waals surface area contributed by atoms with Crippen LogP contribution in [0.1, 0.15) is 52.4 Å². The molecule has 1 amide bonds. The highest BCUT2D eigenvalue weighted by molar-refractivity contribution is 6.16. The molecule has 2 heterocycles.